The number of cyclic esters (lactones) is 1. The Balaban J connectivity index is 1.84. The highest BCUT2D eigenvalue weighted by molar-refractivity contribution is 5.87. The van der Waals surface area contributed by atoms with Crippen LogP contribution in [0.25, 0.3) is 0 Å². The van der Waals surface area contributed by atoms with Crippen molar-refractivity contribution in [2.24, 2.45) is 0 Å². The van der Waals surface area contributed by atoms with Crippen LogP contribution in [-0.2, 0) is 19.9 Å². The van der Waals surface area contributed by atoms with E-state index in [1.54, 1.807) is 0 Å². The lowest BCUT2D eigenvalue weighted by Gasteiger charge is -2.25. The smallest absolute Gasteiger partial charge is 0.350 e. The van der Waals surface area contributed by atoms with Gasteiger partial charge in [0.15, 0.2) is 0 Å². The molecule has 0 bridgehead atoms. The van der Waals surface area contributed by atoms with Crippen LogP contribution in [0.1, 0.15) is 23.0 Å². The van der Waals surface area contributed by atoms with Gasteiger partial charge in [-0.25, -0.2) is 4.79 Å². The monoisotopic (exact) mass is 316 g/mol. The van der Waals surface area contributed by atoms with Crippen LogP contribution in [0.15, 0.2) is 91.0 Å². The van der Waals surface area contributed by atoms with Crippen molar-refractivity contribution >= 4 is 5.97 Å². The Morgan fingerprint density at radius 2 is 1.12 bits per heavy atom. The molecule has 3 nitrogen and oxygen atoms in total. The van der Waals surface area contributed by atoms with Crippen LogP contribution in [0.3, 0.4) is 0 Å². The highest BCUT2D eigenvalue weighted by atomic mass is 16.8. The summed E-state index contributed by atoms with van der Waals surface area (Å²) in [6, 6.07) is 28.5. The fourth-order valence-electron chi connectivity index (χ4n) is 3.04. The first-order chi connectivity index (χ1) is 11.8. The third-order valence-corrected chi connectivity index (χ3v) is 4.22. The number of carbonyl (C=O) groups excluding carboxylic acids is 1. The second kappa shape index (κ2) is 5.95. The number of carbonyl (C=O) groups is 1. The normalized spacial score (nSPS) is 19.0. The first-order valence-corrected chi connectivity index (χ1v) is 7.85. The van der Waals surface area contributed by atoms with Crippen LogP contribution < -0.4 is 0 Å². The van der Waals surface area contributed by atoms with Gasteiger partial charge >= 0.3 is 5.97 Å². The fourth-order valence-corrected chi connectivity index (χ4v) is 3.04. The molecule has 1 aliphatic heterocycles. The molecule has 24 heavy (non-hydrogen) atoms. The molecule has 3 aromatic rings. The number of hydrogen-bond donors (Lipinski definition) is 0. The van der Waals surface area contributed by atoms with Gasteiger partial charge in [-0.1, -0.05) is 91.0 Å². The van der Waals surface area contributed by atoms with Gasteiger partial charge in [0, 0.05) is 5.56 Å². The van der Waals surface area contributed by atoms with E-state index in [-0.39, 0.29) is 0 Å². The van der Waals surface area contributed by atoms with Crippen molar-refractivity contribution in [3.05, 3.63) is 108 Å². The van der Waals surface area contributed by atoms with Crippen molar-refractivity contribution in [1.82, 2.24) is 0 Å². The average Bonchev–Trinajstić information content (AvgIpc) is 3.02. The molecule has 0 N–H and O–H groups in total. The number of rotatable bonds is 3. The maximum absolute atomic E-state index is 12.9. The molecule has 1 heterocycles. The first-order valence-electron chi connectivity index (χ1n) is 7.85. The van der Waals surface area contributed by atoms with E-state index in [2.05, 4.69) is 0 Å². The summed E-state index contributed by atoms with van der Waals surface area (Å²) in [6.07, 6.45) is -0.723. The molecule has 0 aliphatic carbocycles. The summed E-state index contributed by atoms with van der Waals surface area (Å²) in [5, 5.41) is 0. The molecule has 118 valence electrons. The fraction of sp³-hybridized carbons (Fsp3) is 0.0952. The van der Waals surface area contributed by atoms with Gasteiger partial charge in [-0.15, -0.1) is 0 Å². The summed E-state index contributed by atoms with van der Waals surface area (Å²) in [4.78, 5) is 12.9. The molecule has 4 rings (SSSR count). The predicted molar refractivity (Wildman–Crippen MR) is 90.0 cm³/mol. The van der Waals surface area contributed by atoms with E-state index in [1.165, 1.54) is 0 Å². The third-order valence-electron chi connectivity index (χ3n) is 4.22. The van der Waals surface area contributed by atoms with E-state index >= 15 is 0 Å². The largest absolute Gasteiger partial charge is 0.429 e. The van der Waals surface area contributed by atoms with Gasteiger partial charge < -0.3 is 9.47 Å². The Morgan fingerprint density at radius 3 is 1.62 bits per heavy atom. The van der Waals surface area contributed by atoms with Crippen LogP contribution in [0.2, 0.25) is 0 Å². The van der Waals surface area contributed by atoms with E-state index in [9.17, 15) is 4.79 Å². The van der Waals surface area contributed by atoms with Gasteiger partial charge in [0.05, 0.1) is 0 Å². The Bertz CT molecular complexity index is 789. The van der Waals surface area contributed by atoms with Crippen molar-refractivity contribution in [3.8, 4) is 0 Å². The minimum atomic E-state index is -1.25. The molecule has 3 aromatic carbocycles. The molecular formula is C21H16O3. The Hall–Kier alpha value is -2.91. The summed E-state index contributed by atoms with van der Waals surface area (Å²) >= 11 is 0. The van der Waals surface area contributed by atoms with Crippen LogP contribution >= 0.6 is 0 Å². The molecule has 1 unspecified atom stereocenters. The lowest BCUT2D eigenvalue weighted by Crippen LogP contribution is -2.34. The molecule has 1 fully saturated rings. The lowest BCUT2D eigenvalue weighted by molar-refractivity contribution is -0.145. The maximum atomic E-state index is 12.9. The van der Waals surface area contributed by atoms with Crippen molar-refractivity contribution in [1.29, 1.82) is 0 Å². The number of esters is 1. The van der Waals surface area contributed by atoms with E-state index in [1.807, 2.05) is 91.0 Å². The van der Waals surface area contributed by atoms with Crippen LogP contribution in [0.4, 0.5) is 0 Å². The van der Waals surface area contributed by atoms with Crippen LogP contribution in [0.5, 0.6) is 0 Å². The average molecular weight is 316 g/mol. The van der Waals surface area contributed by atoms with Crippen molar-refractivity contribution in [3.63, 3.8) is 0 Å². The second-order valence-electron chi connectivity index (χ2n) is 5.68. The molecule has 3 heteroatoms. The summed E-state index contributed by atoms with van der Waals surface area (Å²) in [5.74, 6) is -0.395. The summed E-state index contributed by atoms with van der Waals surface area (Å²) < 4.78 is 11.9. The van der Waals surface area contributed by atoms with Gasteiger partial charge in [-0.05, 0) is 11.1 Å². The summed E-state index contributed by atoms with van der Waals surface area (Å²) in [7, 11) is 0. The molecule has 1 aliphatic rings. The van der Waals surface area contributed by atoms with Gasteiger partial charge in [0.25, 0.3) is 0 Å². The Morgan fingerprint density at radius 1 is 0.667 bits per heavy atom. The van der Waals surface area contributed by atoms with Gasteiger partial charge in [0.2, 0.25) is 11.9 Å². The molecule has 0 aromatic heterocycles. The van der Waals surface area contributed by atoms with Crippen molar-refractivity contribution in [2.75, 3.05) is 0 Å². The molecule has 1 saturated heterocycles. The Labute approximate surface area is 140 Å². The molecular weight excluding hydrogens is 300 g/mol. The Kier molecular flexibility index (Phi) is 3.63. The van der Waals surface area contributed by atoms with Crippen LogP contribution in [-0.4, -0.2) is 5.97 Å². The minimum absolute atomic E-state index is 0.395. The third kappa shape index (κ3) is 2.30. The molecule has 1 atom stereocenters. The zero-order valence-electron chi connectivity index (χ0n) is 13.0. The quantitative estimate of drug-likeness (QED) is 0.679. The van der Waals surface area contributed by atoms with Crippen molar-refractivity contribution in [2.45, 2.75) is 11.9 Å². The van der Waals surface area contributed by atoms with Gasteiger partial charge in [-0.3, -0.25) is 0 Å². The van der Waals surface area contributed by atoms with E-state index in [0.717, 1.165) is 16.7 Å². The first kappa shape index (κ1) is 14.7. The van der Waals surface area contributed by atoms with Crippen LogP contribution in [0, 0.1) is 0 Å². The highest BCUT2D eigenvalue weighted by Crippen LogP contribution is 2.45. The number of hydrogen-bond acceptors (Lipinski definition) is 3. The topological polar surface area (TPSA) is 35.5 Å². The van der Waals surface area contributed by atoms with E-state index in [4.69, 9.17) is 9.47 Å². The predicted octanol–water partition coefficient (Wildman–Crippen LogP) is 4.20. The summed E-state index contributed by atoms with van der Waals surface area (Å²) in [5.41, 5.74) is 1.10. The maximum Gasteiger partial charge on any atom is 0.350 e. The molecule has 0 radical (unpaired) electrons. The van der Waals surface area contributed by atoms with E-state index in [0.29, 0.717) is 0 Å². The zero-order valence-corrected chi connectivity index (χ0v) is 13.0. The molecule has 0 spiro atoms. The molecule has 0 amide bonds. The van der Waals surface area contributed by atoms with E-state index < -0.39 is 17.9 Å². The molecule has 0 saturated carbocycles. The summed E-state index contributed by atoms with van der Waals surface area (Å²) in [6.45, 7) is 0. The second-order valence-corrected chi connectivity index (χ2v) is 5.68. The lowest BCUT2D eigenvalue weighted by atomic mass is 9.86. The van der Waals surface area contributed by atoms with Gasteiger partial charge in [0.1, 0.15) is 0 Å². The standard InChI is InChI=1S/C21H16O3/c22-20-21(17-12-6-2-7-13-17,18-14-8-3-9-15-18)24-19(23-20)16-10-4-1-5-11-16/h1-15,19H. The number of benzene rings is 3. The zero-order chi connectivity index (χ0) is 16.4. The highest BCUT2D eigenvalue weighted by Gasteiger charge is 2.53. The number of ether oxygens (including phenoxy) is 2. The van der Waals surface area contributed by atoms with Crippen molar-refractivity contribution < 1.29 is 14.3 Å². The van der Waals surface area contributed by atoms with Gasteiger partial charge in [-0.2, -0.15) is 0 Å². The SMILES string of the molecule is O=C1OC(c2ccccc2)OC1(c1ccccc1)c1ccccc1. The minimum Gasteiger partial charge on any atom is -0.429 e.